The van der Waals surface area contributed by atoms with E-state index in [4.69, 9.17) is 9.47 Å². The van der Waals surface area contributed by atoms with E-state index in [0.29, 0.717) is 38.7 Å². The highest BCUT2D eigenvalue weighted by Crippen LogP contribution is 2.42. The first kappa shape index (κ1) is 29.9. The summed E-state index contributed by atoms with van der Waals surface area (Å²) in [5.74, 6) is -1.06. The van der Waals surface area contributed by atoms with Gasteiger partial charge in [0, 0.05) is 18.9 Å². The van der Waals surface area contributed by atoms with Crippen LogP contribution in [0.4, 0.5) is 8.78 Å². The molecule has 35 heavy (non-hydrogen) atoms. The number of rotatable bonds is 14. The summed E-state index contributed by atoms with van der Waals surface area (Å²) in [5, 5.41) is 10.6. The van der Waals surface area contributed by atoms with Crippen molar-refractivity contribution < 1.29 is 32.9 Å². The maximum atomic E-state index is 15.7. The van der Waals surface area contributed by atoms with Gasteiger partial charge in [-0.05, 0) is 63.7 Å². The molecule has 5 nitrogen and oxygen atoms in total. The van der Waals surface area contributed by atoms with Gasteiger partial charge in [0.25, 0.3) is 0 Å². The van der Waals surface area contributed by atoms with Crippen LogP contribution in [0.5, 0.6) is 0 Å². The Morgan fingerprint density at radius 1 is 1.29 bits per heavy atom. The highest BCUT2D eigenvalue weighted by atomic mass is 19.1. The van der Waals surface area contributed by atoms with Gasteiger partial charge in [-0.3, -0.25) is 4.79 Å². The SMILES string of the molecule is CCCCC(C)(F)[C@@H](C=C[C@@H]1[C@@H]([C@@H](F)C=CCCCC(=O)OC)[C@@H](O)C[C@H]1C)OC1CCCCO1. The van der Waals surface area contributed by atoms with Gasteiger partial charge in [0.2, 0.25) is 0 Å². The van der Waals surface area contributed by atoms with Crippen LogP contribution in [0, 0.1) is 17.8 Å². The van der Waals surface area contributed by atoms with Gasteiger partial charge >= 0.3 is 5.97 Å². The van der Waals surface area contributed by atoms with Crippen LogP contribution < -0.4 is 0 Å². The molecule has 0 aromatic heterocycles. The Morgan fingerprint density at radius 2 is 2.06 bits per heavy atom. The van der Waals surface area contributed by atoms with E-state index in [9.17, 15) is 9.90 Å². The van der Waals surface area contributed by atoms with Crippen LogP contribution in [0.1, 0.15) is 85.0 Å². The first-order valence-corrected chi connectivity index (χ1v) is 13.4. The Labute approximate surface area is 210 Å². The molecule has 1 aliphatic heterocycles. The lowest BCUT2D eigenvalue weighted by atomic mass is 9.84. The molecule has 7 heteroatoms. The highest BCUT2D eigenvalue weighted by molar-refractivity contribution is 5.69. The quantitative estimate of drug-likeness (QED) is 0.174. The number of methoxy groups -OCH3 is 1. The van der Waals surface area contributed by atoms with Crippen LogP contribution in [-0.2, 0) is 19.0 Å². The molecule has 0 aromatic rings. The molecule has 0 amide bonds. The highest BCUT2D eigenvalue weighted by Gasteiger charge is 2.43. The number of halogens is 2. The van der Waals surface area contributed by atoms with Gasteiger partial charge in [-0.2, -0.15) is 0 Å². The van der Waals surface area contributed by atoms with Crippen LogP contribution in [0.25, 0.3) is 0 Å². The number of unbranched alkanes of at least 4 members (excludes halogenated alkanes) is 2. The van der Waals surface area contributed by atoms with Crippen molar-refractivity contribution >= 4 is 5.97 Å². The fraction of sp³-hybridized carbons (Fsp3) is 0.821. The van der Waals surface area contributed by atoms with Crippen LogP contribution in [0.2, 0.25) is 0 Å². The average molecular weight is 501 g/mol. The van der Waals surface area contributed by atoms with Gasteiger partial charge in [-0.15, -0.1) is 0 Å². The lowest BCUT2D eigenvalue weighted by Gasteiger charge is -2.34. The van der Waals surface area contributed by atoms with E-state index in [1.54, 1.807) is 19.1 Å². The molecular formula is C28H46F2O5. The minimum Gasteiger partial charge on any atom is -0.469 e. The summed E-state index contributed by atoms with van der Waals surface area (Å²) in [6.45, 7) is 6.21. The number of hydrogen-bond acceptors (Lipinski definition) is 5. The monoisotopic (exact) mass is 500 g/mol. The van der Waals surface area contributed by atoms with Gasteiger partial charge in [0.1, 0.15) is 17.9 Å². The van der Waals surface area contributed by atoms with E-state index in [2.05, 4.69) is 4.74 Å². The third-order valence-electron chi connectivity index (χ3n) is 7.38. The van der Waals surface area contributed by atoms with Crippen molar-refractivity contribution in [2.24, 2.45) is 17.8 Å². The van der Waals surface area contributed by atoms with Crippen molar-refractivity contribution in [1.82, 2.24) is 0 Å². The number of allylic oxidation sites excluding steroid dienone is 3. The number of aliphatic hydroxyl groups is 1. The van der Waals surface area contributed by atoms with Crippen LogP contribution in [0.3, 0.4) is 0 Å². The smallest absolute Gasteiger partial charge is 0.305 e. The van der Waals surface area contributed by atoms with Crippen molar-refractivity contribution in [3.8, 4) is 0 Å². The molecule has 2 unspecified atom stereocenters. The fourth-order valence-electron chi connectivity index (χ4n) is 5.16. The van der Waals surface area contributed by atoms with E-state index in [1.165, 1.54) is 13.2 Å². The Bertz CT molecular complexity index is 674. The van der Waals surface area contributed by atoms with Gasteiger partial charge in [-0.25, -0.2) is 8.78 Å². The molecule has 2 aliphatic rings. The van der Waals surface area contributed by atoms with Gasteiger partial charge in [0.15, 0.2) is 6.29 Å². The molecule has 0 spiro atoms. The maximum absolute atomic E-state index is 15.7. The zero-order valence-electron chi connectivity index (χ0n) is 22.0. The van der Waals surface area contributed by atoms with Crippen molar-refractivity contribution in [2.75, 3.05) is 13.7 Å². The van der Waals surface area contributed by atoms with Crippen molar-refractivity contribution in [1.29, 1.82) is 0 Å². The molecule has 1 saturated heterocycles. The van der Waals surface area contributed by atoms with Crippen molar-refractivity contribution in [3.05, 3.63) is 24.3 Å². The first-order valence-electron chi connectivity index (χ1n) is 13.4. The number of hydrogen-bond donors (Lipinski definition) is 1. The molecule has 1 saturated carbocycles. The van der Waals surface area contributed by atoms with Crippen LogP contribution in [-0.4, -0.2) is 55.1 Å². The van der Waals surface area contributed by atoms with Crippen molar-refractivity contribution in [3.63, 3.8) is 0 Å². The first-order chi connectivity index (χ1) is 16.7. The minimum atomic E-state index is -1.57. The molecule has 0 aromatic carbocycles. The Balaban J connectivity index is 2.09. The maximum Gasteiger partial charge on any atom is 0.305 e. The minimum absolute atomic E-state index is 0.0605. The summed E-state index contributed by atoms with van der Waals surface area (Å²) in [5.41, 5.74) is -1.57. The molecule has 1 aliphatic carbocycles. The van der Waals surface area contributed by atoms with Gasteiger partial charge in [0.05, 0.1) is 13.2 Å². The zero-order valence-corrected chi connectivity index (χ0v) is 22.0. The third-order valence-corrected chi connectivity index (χ3v) is 7.38. The summed E-state index contributed by atoms with van der Waals surface area (Å²) in [6, 6.07) is 0. The number of carbonyl (C=O) groups is 1. The molecule has 8 atom stereocenters. The molecular weight excluding hydrogens is 454 g/mol. The van der Waals surface area contributed by atoms with Crippen molar-refractivity contribution in [2.45, 2.75) is 115 Å². The summed E-state index contributed by atoms with van der Waals surface area (Å²) in [7, 11) is 1.35. The number of aliphatic hydroxyl groups excluding tert-OH is 1. The van der Waals surface area contributed by atoms with E-state index in [-0.39, 0.29) is 17.8 Å². The molecule has 2 fully saturated rings. The largest absolute Gasteiger partial charge is 0.469 e. The lowest BCUT2D eigenvalue weighted by molar-refractivity contribution is -0.201. The normalized spacial score (nSPS) is 31.0. The van der Waals surface area contributed by atoms with E-state index < -0.39 is 36.3 Å². The summed E-state index contributed by atoms with van der Waals surface area (Å²) in [4.78, 5) is 11.2. The second-order valence-corrected chi connectivity index (χ2v) is 10.4. The van der Waals surface area contributed by atoms with Crippen LogP contribution >= 0.6 is 0 Å². The molecule has 202 valence electrons. The zero-order chi connectivity index (χ0) is 25.8. The number of alkyl halides is 2. The molecule has 1 heterocycles. The molecule has 0 bridgehead atoms. The van der Waals surface area contributed by atoms with Gasteiger partial charge < -0.3 is 19.3 Å². The molecule has 2 rings (SSSR count). The molecule has 1 N–H and O–H groups in total. The fourth-order valence-corrected chi connectivity index (χ4v) is 5.16. The summed E-state index contributed by atoms with van der Waals surface area (Å²) >= 11 is 0. The molecule has 0 radical (unpaired) electrons. The Kier molecular flexibility index (Phi) is 12.9. The second-order valence-electron chi connectivity index (χ2n) is 10.4. The Hall–Kier alpha value is -1.31. The van der Waals surface area contributed by atoms with E-state index in [0.717, 1.165) is 32.1 Å². The number of esters is 1. The lowest BCUT2D eigenvalue weighted by Crippen LogP contribution is -2.40. The summed E-state index contributed by atoms with van der Waals surface area (Å²) in [6.07, 6.45) is 10.1. The van der Waals surface area contributed by atoms with E-state index >= 15 is 8.78 Å². The average Bonchev–Trinajstić information content (AvgIpc) is 3.12. The van der Waals surface area contributed by atoms with E-state index in [1.807, 2.05) is 19.9 Å². The number of carbonyl (C=O) groups excluding carboxylic acids is 1. The van der Waals surface area contributed by atoms with Gasteiger partial charge in [-0.1, -0.05) is 51.0 Å². The third kappa shape index (κ3) is 9.58. The predicted molar refractivity (Wildman–Crippen MR) is 133 cm³/mol. The predicted octanol–water partition coefficient (Wildman–Crippen LogP) is 6.24. The topological polar surface area (TPSA) is 65.0 Å². The standard InChI is InChI=1S/C28H46F2O5/c1-5-6-17-28(3,30)24(35-26-14-10-11-18-34-26)16-15-21-20(2)19-23(31)27(21)22(29)12-8-7-9-13-25(32)33-4/h8,12,15-16,20-24,26-27,31H,5-7,9-11,13-14,17-19H2,1-4H3/t20-,21+,22+,23+,24-,26?,27+,28?/m1/s1. The second kappa shape index (κ2) is 15.1. The number of ether oxygens (including phenoxy) is 3. The Morgan fingerprint density at radius 3 is 2.71 bits per heavy atom. The van der Waals surface area contributed by atoms with Crippen LogP contribution in [0.15, 0.2) is 24.3 Å². The summed E-state index contributed by atoms with van der Waals surface area (Å²) < 4.78 is 47.4.